The van der Waals surface area contributed by atoms with Gasteiger partial charge in [-0.15, -0.1) is 0 Å². The number of likely N-dealkylation sites (tertiary alicyclic amines) is 1. The van der Waals surface area contributed by atoms with Crippen LogP contribution in [-0.4, -0.2) is 23.9 Å². The molecule has 0 N–H and O–H groups in total. The van der Waals surface area contributed by atoms with Crippen molar-refractivity contribution in [2.75, 3.05) is 13.1 Å². The standard InChI is InChI=1S/C28H39NO2/c1-18-12-19(2)17-29(16-18)26(30)25-9-8-22(31-25)14-21-15-24-23(13-20(21)3)27(4,5)10-11-28(24,6)7/h8-9,13,15,18-19H,10-12,14,16-17H2,1-7H3. The summed E-state index contributed by atoms with van der Waals surface area (Å²) in [5, 5.41) is 0. The van der Waals surface area contributed by atoms with E-state index in [-0.39, 0.29) is 16.7 Å². The van der Waals surface area contributed by atoms with E-state index < -0.39 is 0 Å². The summed E-state index contributed by atoms with van der Waals surface area (Å²) < 4.78 is 6.07. The van der Waals surface area contributed by atoms with Crippen molar-refractivity contribution in [1.29, 1.82) is 0 Å². The summed E-state index contributed by atoms with van der Waals surface area (Å²) in [7, 11) is 0. The van der Waals surface area contributed by atoms with Gasteiger partial charge >= 0.3 is 0 Å². The van der Waals surface area contributed by atoms with Crippen LogP contribution in [0.4, 0.5) is 0 Å². The van der Waals surface area contributed by atoms with Gasteiger partial charge in [0.15, 0.2) is 5.76 Å². The predicted molar refractivity (Wildman–Crippen MR) is 127 cm³/mol. The molecule has 3 heteroatoms. The molecule has 0 saturated carbocycles. The Bertz CT molecular complexity index is 971. The van der Waals surface area contributed by atoms with Gasteiger partial charge in [-0.25, -0.2) is 0 Å². The first-order valence-electron chi connectivity index (χ1n) is 12.0. The molecule has 2 unspecified atom stereocenters. The van der Waals surface area contributed by atoms with Gasteiger partial charge in [0.1, 0.15) is 5.76 Å². The lowest BCUT2D eigenvalue weighted by atomic mass is 9.62. The van der Waals surface area contributed by atoms with Crippen molar-refractivity contribution in [2.24, 2.45) is 11.8 Å². The molecule has 1 aliphatic carbocycles. The van der Waals surface area contributed by atoms with E-state index in [4.69, 9.17) is 4.42 Å². The lowest BCUT2D eigenvalue weighted by Gasteiger charge is -2.42. The molecule has 1 amide bonds. The number of carbonyl (C=O) groups is 1. The van der Waals surface area contributed by atoms with E-state index >= 15 is 0 Å². The summed E-state index contributed by atoms with van der Waals surface area (Å²) in [6, 6.07) is 8.65. The highest BCUT2D eigenvalue weighted by Gasteiger charge is 2.37. The summed E-state index contributed by atoms with van der Waals surface area (Å²) in [5.41, 5.74) is 6.00. The Hall–Kier alpha value is -2.03. The fourth-order valence-electron chi connectivity index (χ4n) is 5.72. The SMILES string of the molecule is Cc1cc2c(cc1Cc1ccc(C(=O)N3CC(C)CC(C)C3)o1)C(C)(C)CCC2(C)C. The molecule has 2 aromatic rings. The van der Waals surface area contributed by atoms with Crippen molar-refractivity contribution in [2.45, 2.75) is 85.0 Å². The largest absolute Gasteiger partial charge is 0.456 e. The van der Waals surface area contributed by atoms with E-state index in [1.807, 2.05) is 17.0 Å². The lowest BCUT2D eigenvalue weighted by Crippen LogP contribution is -2.42. The quantitative estimate of drug-likeness (QED) is 0.556. The van der Waals surface area contributed by atoms with Gasteiger partial charge in [-0.3, -0.25) is 4.79 Å². The fourth-order valence-corrected chi connectivity index (χ4v) is 5.72. The van der Waals surface area contributed by atoms with Gasteiger partial charge < -0.3 is 9.32 Å². The monoisotopic (exact) mass is 421 g/mol. The molecular weight excluding hydrogens is 382 g/mol. The Morgan fingerprint density at radius 2 is 1.58 bits per heavy atom. The first-order chi connectivity index (χ1) is 14.5. The Morgan fingerprint density at radius 1 is 1.00 bits per heavy atom. The summed E-state index contributed by atoms with van der Waals surface area (Å²) in [4.78, 5) is 15.0. The van der Waals surface area contributed by atoms with Gasteiger partial charge in [0.05, 0.1) is 0 Å². The van der Waals surface area contributed by atoms with E-state index in [1.54, 1.807) is 0 Å². The second-order valence-corrected chi connectivity index (χ2v) is 11.7. The highest BCUT2D eigenvalue weighted by molar-refractivity contribution is 5.91. The topological polar surface area (TPSA) is 33.5 Å². The number of carbonyl (C=O) groups excluding carboxylic acids is 1. The van der Waals surface area contributed by atoms with Crippen LogP contribution in [-0.2, 0) is 17.3 Å². The molecular formula is C28H39NO2. The van der Waals surface area contributed by atoms with Gasteiger partial charge in [0.25, 0.3) is 5.91 Å². The molecule has 2 aliphatic rings. The number of fused-ring (bicyclic) bond motifs is 1. The summed E-state index contributed by atoms with van der Waals surface area (Å²) in [5.74, 6) is 2.49. The van der Waals surface area contributed by atoms with Crippen molar-refractivity contribution >= 4 is 5.91 Å². The highest BCUT2D eigenvalue weighted by atomic mass is 16.4. The number of hydrogen-bond donors (Lipinski definition) is 0. The summed E-state index contributed by atoms with van der Waals surface area (Å²) in [6.45, 7) is 17.8. The van der Waals surface area contributed by atoms with Crippen LogP contribution in [0.25, 0.3) is 0 Å². The van der Waals surface area contributed by atoms with Crippen LogP contribution in [0, 0.1) is 18.8 Å². The van der Waals surface area contributed by atoms with Crippen molar-refractivity contribution in [3.05, 3.63) is 58.0 Å². The summed E-state index contributed by atoms with van der Waals surface area (Å²) >= 11 is 0. The van der Waals surface area contributed by atoms with E-state index in [2.05, 4.69) is 60.6 Å². The number of benzene rings is 1. The van der Waals surface area contributed by atoms with Crippen LogP contribution in [0.15, 0.2) is 28.7 Å². The summed E-state index contributed by atoms with van der Waals surface area (Å²) in [6.07, 6.45) is 4.36. The van der Waals surface area contributed by atoms with Crippen LogP contribution >= 0.6 is 0 Å². The Kier molecular flexibility index (Phi) is 5.60. The molecule has 0 radical (unpaired) electrons. The average Bonchev–Trinajstić information content (AvgIpc) is 3.14. The van der Waals surface area contributed by atoms with E-state index in [0.29, 0.717) is 17.6 Å². The van der Waals surface area contributed by atoms with Gasteiger partial charge in [-0.1, -0.05) is 53.7 Å². The number of nitrogens with zero attached hydrogens (tertiary/aromatic N) is 1. The minimum absolute atomic E-state index is 0.0368. The number of aryl methyl sites for hydroxylation is 1. The van der Waals surface area contributed by atoms with Crippen LogP contribution in [0.2, 0.25) is 0 Å². The Balaban J connectivity index is 1.57. The molecule has 0 spiro atoms. The van der Waals surface area contributed by atoms with E-state index in [0.717, 1.165) is 25.3 Å². The van der Waals surface area contributed by atoms with Crippen LogP contribution in [0.5, 0.6) is 0 Å². The maximum Gasteiger partial charge on any atom is 0.289 e. The number of piperidine rings is 1. The molecule has 4 rings (SSSR count). The second kappa shape index (κ2) is 7.83. The Labute approximate surface area is 188 Å². The Morgan fingerprint density at radius 3 is 2.19 bits per heavy atom. The zero-order valence-electron chi connectivity index (χ0n) is 20.5. The maximum absolute atomic E-state index is 13.0. The molecule has 1 aromatic carbocycles. The van der Waals surface area contributed by atoms with Gasteiger partial charge in [0, 0.05) is 19.5 Å². The molecule has 2 heterocycles. The fraction of sp³-hybridized carbons (Fsp3) is 0.607. The third-order valence-corrected chi connectivity index (χ3v) is 7.70. The predicted octanol–water partition coefficient (Wildman–Crippen LogP) is 6.65. The normalized spacial score (nSPS) is 24.7. The van der Waals surface area contributed by atoms with Crippen LogP contribution in [0.3, 0.4) is 0 Å². The number of hydrogen-bond acceptors (Lipinski definition) is 2. The molecule has 1 saturated heterocycles. The molecule has 1 aliphatic heterocycles. The lowest BCUT2D eigenvalue weighted by molar-refractivity contribution is 0.0590. The first-order valence-corrected chi connectivity index (χ1v) is 12.0. The molecule has 31 heavy (non-hydrogen) atoms. The van der Waals surface area contributed by atoms with Gasteiger partial charge in [-0.2, -0.15) is 0 Å². The molecule has 0 bridgehead atoms. The minimum atomic E-state index is 0.0368. The van der Waals surface area contributed by atoms with E-state index in [1.165, 1.54) is 41.5 Å². The smallest absolute Gasteiger partial charge is 0.289 e. The van der Waals surface area contributed by atoms with Crippen molar-refractivity contribution in [3.63, 3.8) is 0 Å². The van der Waals surface area contributed by atoms with Gasteiger partial charge in [-0.05, 0) is 83.2 Å². The molecule has 2 atom stereocenters. The van der Waals surface area contributed by atoms with E-state index in [9.17, 15) is 4.79 Å². The van der Waals surface area contributed by atoms with Gasteiger partial charge in [0.2, 0.25) is 0 Å². The highest BCUT2D eigenvalue weighted by Crippen LogP contribution is 2.46. The first kappa shape index (κ1) is 22.2. The van der Waals surface area contributed by atoms with Crippen LogP contribution in [0.1, 0.15) is 99.4 Å². The molecule has 168 valence electrons. The van der Waals surface area contributed by atoms with Crippen molar-refractivity contribution in [3.8, 4) is 0 Å². The molecule has 1 aromatic heterocycles. The maximum atomic E-state index is 13.0. The number of furan rings is 1. The molecule has 1 fully saturated rings. The molecule has 3 nitrogen and oxygen atoms in total. The zero-order valence-corrected chi connectivity index (χ0v) is 20.5. The van der Waals surface area contributed by atoms with Crippen molar-refractivity contribution < 1.29 is 9.21 Å². The third kappa shape index (κ3) is 4.33. The van der Waals surface area contributed by atoms with Crippen molar-refractivity contribution in [1.82, 2.24) is 4.90 Å². The van der Waals surface area contributed by atoms with Crippen LogP contribution < -0.4 is 0 Å². The second-order valence-electron chi connectivity index (χ2n) is 11.7. The number of rotatable bonds is 3. The third-order valence-electron chi connectivity index (χ3n) is 7.70. The zero-order chi connectivity index (χ0) is 22.6. The average molecular weight is 422 g/mol. The minimum Gasteiger partial charge on any atom is -0.456 e. The number of amides is 1.